The average molecular weight is 291 g/mol. The minimum Gasteiger partial charge on any atom is -0.508 e. The quantitative estimate of drug-likeness (QED) is 0.747. The Hall–Kier alpha value is -1.59. The number of nitrogens with two attached hydrogens (primary N) is 1. The number of aromatic hydroxyl groups is 1. The van der Waals surface area contributed by atoms with Crippen molar-refractivity contribution in [3.63, 3.8) is 0 Å². The molecular weight excluding hydrogens is 266 g/mol. The molecule has 0 aliphatic carbocycles. The number of rotatable bonds is 5. The number of nitrogens with zero attached hydrogens (tertiary/aromatic N) is 1. The number of benzene rings is 1. The van der Waals surface area contributed by atoms with Crippen molar-refractivity contribution in [3.05, 3.63) is 29.8 Å². The lowest BCUT2D eigenvalue weighted by molar-refractivity contribution is -0.122. The Labute approximate surface area is 126 Å². The molecule has 1 aliphatic rings. The van der Waals surface area contributed by atoms with Crippen LogP contribution < -0.4 is 11.1 Å². The van der Waals surface area contributed by atoms with Crippen LogP contribution in [0, 0.1) is 5.92 Å². The van der Waals surface area contributed by atoms with E-state index in [4.69, 9.17) is 5.73 Å². The van der Waals surface area contributed by atoms with Crippen LogP contribution in [0.4, 0.5) is 0 Å². The highest BCUT2D eigenvalue weighted by atomic mass is 16.3. The molecule has 0 aromatic heterocycles. The minimum absolute atomic E-state index is 0.0954. The summed E-state index contributed by atoms with van der Waals surface area (Å²) < 4.78 is 0. The molecule has 21 heavy (non-hydrogen) atoms. The summed E-state index contributed by atoms with van der Waals surface area (Å²) in [5, 5.41) is 12.2. The Morgan fingerprint density at radius 2 is 2.00 bits per heavy atom. The summed E-state index contributed by atoms with van der Waals surface area (Å²) in [6.45, 7) is 2.91. The summed E-state index contributed by atoms with van der Waals surface area (Å²) in [6.07, 6.45) is 2.74. The van der Waals surface area contributed by atoms with Crippen LogP contribution in [-0.2, 0) is 11.2 Å². The Balaban J connectivity index is 1.73. The highest BCUT2D eigenvalue weighted by molar-refractivity contribution is 5.81. The molecule has 0 unspecified atom stereocenters. The Bertz CT molecular complexity index is 453. The number of amides is 1. The van der Waals surface area contributed by atoms with Crippen LogP contribution in [0.25, 0.3) is 0 Å². The topological polar surface area (TPSA) is 78.6 Å². The van der Waals surface area contributed by atoms with Gasteiger partial charge in [0, 0.05) is 6.54 Å². The van der Waals surface area contributed by atoms with Gasteiger partial charge in [-0.25, -0.2) is 0 Å². The number of hydrogen-bond donors (Lipinski definition) is 3. The van der Waals surface area contributed by atoms with Gasteiger partial charge in [0.2, 0.25) is 5.91 Å². The third kappa shape index (κ3) is 5.02. The van der Waals surface area contributed by atoms with Crippen LogP contribution >= 0.6 is 0 Å². The molecule has 5 heteroatoms. The number of carbonyl (C=O) groups excluding carboxylic acids is 1. The van der Waals surface area contributed by atoms with Gasteiger partial charge in [0.25, 0.3) is 0 Å². The highest BCUT2D eigenvalue weighted by Gasteiger charge is 2.19. The van der Waals surface area contributed by atoms with Crippen molar-refractivity contribution in [3.8, 4) is 5.75 Å². The second-order valence-corrected chi connectivity index (χ2v) is 5.97. The van der Waals surface area contributed by atoms with Crippen LogP contribution in [0.2, 0.25) is 0 Å². The number of phenolic OH excluding ortho intramolecular Hbond substituents is 1. The van der Waals surface area contributed by atoms with Crippen molar-refractivity contribution in [2.24, 2.45) is 11.7 Å². The third-order valence-corrected chi connectivity index (χ3v) is 4.13. The first kappa shape index (κ1) is 15.8. The van der Waals surface area contributed by atoms with Gasteiger partial charge in [0.05, 0.1) is 6.04 Å². The van der Waals surface area contributed by atoms with E-state index in [2.05, 4.69) is 17.3 Å². The lowest BCUT2D eigenvalue weighted by Gasteiger charge is -2.29. The van der Waals surface area contributed by atoms with Gasteiger partial charge >= 0.3 is 0 Å². The van der Waals surface area contributed by atoms with Crippen LogP contribution in [0.3, 0.4) is 0 Å². The molecule has 4 N–H and O–H groups in total. The standard InChI is InChI=1S/C16H25N3O2/c1-19-8-6-13(7-9-19)11-18-16(21)15(17)10-12-2-4-14(20)5-3-12/h2-5,13,15,20H,6-11,17H2,1H3,(H,18,21)/t15-/m1/s1. The molecule has 0 spiro atoms. The van der Waals surface area contributed by atoms with Crippen LogP contribution in [0.15, 0.2) is 24.3 Å². The van der Waals surface area contributed by atoms with E-state index in [9.17, 15) is 9.90 Å². The van der Waals surface area contributed by atoms with Crippen LogP contribution in [0.1, 0.15) is 18.4 Å². The molecule has 1 amide bonds. The largest absolute Gasteiger partial charge is 0.508 e. The number of likely N-dealkylation sites (tertiary alicyclic amines) is 1. The van der Waals surface area contributed by atoms with Gasteiger partial charge in [-0.2, -0.15) is 0 Å². The summed E-state index contributed by atoms with van der Waals surface area (Å²) >= 11 is 0. The molecule has 0 radical (unpaired) electrons. The fraction of sp³-hybridized carbons (Fsp3) is 0.562. The Kier molecular flexibility index (Phi) is 5.59. The van der Waals surface area contributed by atoms with Gasteiger partial charge in [-0.3, -0.25) is 4.79 Å². The van der Waals surface area contributed by atoms with Crippen molar-refractivity contribution in [1.29, 1.82) is 0 Å². The molecule has 0 bridgehead atoms. The smallest absolute Gasteiger partial charge is 0.237 e. The van der Waals surface area contributed by atoms with Crippen LogP contribution in [0.5, 0.6) is 5.75 Å². The van der Waals surface area contributed by atoms with Crippen molar-refractivity contribution in [1.82, 2.24) is 10.2 Å². The fourth-order valence-corrected chi connectivity index (χ4v) is 2.62. The predicted octanol–water partition coefficient (Wildman–Crippen LogP) is 0.720. The van der Waals surface area contributed by atoms with Crippen molar-refractivity contribution < 1.29 is 9.90 Å². The number of hydrogen-bond acceptors (Lipinski definition) is 4. The first-order chi connectivity index (χ1) is 10.0. The number of piperidine rings is 1. The molecule has 116 valence electrons. The van der Waals surface area contributed by atoms with Crippen molar-refractivity contribution in [2.45, 2.75) is 25.3 Å². The zero-order chi connectivity index (χ0) is 15.2. The number of nitrogens with one attached hydrogen (secondary N) is 1. The molecule has 1 saturated heterocycles. The van der Waals surface area contributed by atoms with E-state index in [1.54, 1.807) is 24.3 Å². The lowest BCUT2D eigenvalue weighted by atomic mass is 9.97. The third-order valence-electron chi connectivity index (χ3n) is 4.13. The molecule has 5 nitrogen and oxygen atoms in total. The number of carbonyl (C=O) groups is 1. The van der Waals surface area contributed by atoms with E-state index in [0.717, 1.165) is 38.0 Å². The van der Waals surface area contributed by atoms with E-state index >= 15 is 0 Å². The molecule has 1 aromatic carbocycles. The highest BCUT2D eigenvalue weighted by Crippen LogP contribution is 2.15. The summed E-state index contributed by atoms with van der Waals surface area (Å²) in [5.74, 6) is 0.687. The number of phenols is 1. The molecule has 1 aliphatic heterocycles. The van der Waals surface area contributed by atoms with E-state index in [1.807, 2.05) is 0 Å². The van der Waals surface area contributed by atoms with Crippen molar-refractivity contribution >= 4 is 5.91 Å². The van der Waals surface area contributed by atoms with Gasteiger partial charge in [-0.05, 0) is 63.0 Å². The molecular formula is C16H25N3O2. The maximum Gasteiger partial charge on any atom is 0.237 e. The van der Waals surface area contributed by atoms with E-state index in [0.29, 0.717) is 12.3 Å². The molecule has 1 fully saturated rings. The zero-order valence-electron chi connectivity index (χ0n) is 12.6. The van der Waals surface area contributed by atoms with E-state index in [1.165, 1.54) is 0 Å². The zero-order valence-corrected chi connectivity index (χ0v) is 12.6. The summed E-state index contributed by atoms with van der Waals surface area (Å²) in [5.41, 5.74) is 6.90. The molecule has 2 rings (SSSR count). The lowest BCUT2D eigenvalue weighted by Crippen LogP contribution is -2.45. The maximum absolute atomic E-state index is 12.0. The minimum atomic E-state index is -0.541. The SMILES string of the molecule is CN1CCC(CNC(=O)[C@H](N)Cc2ccc(O)cc2)CC1. The monoisotopic (exact) mass is 291 g/mol. The second-order valence-electron chi connectivity index (χ2n) is 5.97. The normalized spacial score (nSPS) is 18.4. The summed E-state index contributed by atoms with van der Waals surface area (Å²) in [7, 11) is 2.13. The molecule has 0 saturated carbocycles. The van der Waals surface area contributed by atoms with Gasteiger partial charge < -0.3 is 21.1 Å². The second kappa shape index (κ2) is 7.43. The van der Waals surface area contributed by atoms with Gasteiger partial charge in [0.1, 0.15) is 5.75 Å². The first-order valence-electron chi connectivity index (χ1n) is 7.54. The van der Waals surface area contributed by atoms with E-state index < -0.39 is 6.04 Å². The Morgan fingerprint density at radius 3 is 2.62 bits per heavy atom. The summed E-state index contributed by atoms with van der Waals surface area (Å²) in [4.78, 5) is 14.3. The van der Waals surface area contributed by atoms with Gasteiger partial charge in [0.15, 0.2) is 0 Å². The van der Waals surface area contributed by atoms with E-state index in [-0.39, 0.29) is 11.7 Å². The Morgan fingerprint density at radius 1 is 1.38 bits per heavy atom. The predicted molar refractivity (Wildman–Crippen MR) is 83.0 cm³/mol. The maximum atomic E-state index is 12.0. The van der Waals surface area contributed by atoms with Gasteiger partial charge in [-0.15, -0.1) is 0 Å². The van der Waals surface area contributed by atoms with Crippen molar-refractivity contribution in [2.75, 3.05) is 26.7 Å². The van der Waals surface area contributed by atoms with Gasteiger partial charge in [-0.1, -0.05) is 12.1 Å². The average Bonchev–Trinajstić information content (AvgIpc) is 2.48. The molecule has 1 heterocycles. The molecule has 1 atom stereocenters. The molecule has 1 aromatic rings. The van der Waals surface area contributed by atoms with Crippen LogP contribution in [-0.4, -0.2) is 48.6 Å². The summed E-state index contributed by atoms with van der Waals surface area (Å²) in [6, 6.07) is 6.26. The first-order valence-corrected chi connectivity index (χ1v) is 7.54. The fourth-order valence-electron chi connectivity index (χ4n) is 2.62.